The number of hydrogen-bond acceptors (Lipinski definition) is 1. The van der Waals surface area contributed by atoms with Gasteiger partial charge in [0.15, 0.2) is 0 Å². The van der Waals surface area contributed by atoms with Gasteiger partial charge in [-0.15, -0.1) is 0 Å². The third-order valence-corrected chi connectivity index (χ3v) is 0.652. The lowest BCUT2D eigenvalue weighted by Crippen LogP contribution is -1.82. The molecule has 7 heavy (non-hydrogen) atoms. The molecule has 0 saturated heterocycles. The van der Waals surface area contributed by atoms with E-state index in [1.807, 2.05) is 13.8 Å². The minimum absolute atomic E-state index is 0.988. The molecule has 0 amide bonds. The lowest BCUT2D eigenvalue weighted by molar-refractivity contribution is 0.930. The minimum atomic E-state index is 0.988. The van der Waals surface area contributed by atoms with E-state index >= 15 is 0 Å². The van der Waals surface area contributed by atoms with E-state index in [4.69, 9.17) is 0 Å². The summed E-state index contributed by atoms with van der Waals surface area (Å²) in [6.07, 6.45) is 1.16. The van der Waals surface area contributed by atoms with Crippen LogP contribution in [0.15, 0.2) is 4.99 Å². The zero-order valence-electron chi connectivity index (χ0n) is 5.36. The Morgan fingerprint density at radius 2 is 2.00 bits per heavy atom. The molecule has 0 aromatic heterocycles. The SMILES string of the molecule is CCCN=C(C)C. The average Bonchev–Trinajstić information content (AvgIpc) is 1.61. The molecule has 0 bridgehead atoms. The van der Waals surface area contributed by atoms with Crippen LogP contribution in [-0.4, -0.2) is 12.3 Å². The van der Waals surface area contributed by atoms with Gasteiger partial charge in [0.2, 0.25) is 0 Å². The highest BCUT2D eigenvalue weighted by Crippen LogP contribution is 1.78. The van der Waals surface area contributed by atoms with Gasteiger partial charge in [-0.1, -0.05) is 6.92 Å². The maximum Gasteiger partial charge on any atom is 0.0385 e. The smallest absolute Gasteiger partial charge is 0.0385 e. The summed E-state index contributed by atoms with van der Waals surface area (Å²) in [7, 11) is 0. The van der Waals surface area contributed by atoms with Gasteiger partial charge in [-0.05, 0) is 20.3 Å². The molecule has 0 heterocycles. The van der Waals surface area contributed by atoms with E-state index in [0.29, 0.717) is 0 Å². The Kier molecular flexibility index (Phi) is 3.67. The van der Waals surface area contributed by atoms with Gasteiger partial charge < -0.3 is 0 Å². The van der Waals surface area contributed by atoms with Crippen LogP contribution < -0.4 is 0 Å². The highest BCUT2D eigenvalue weighted by Gasteiger charge is 1.73. The molecule has 0 aromatic rings. The van der Waals surface area contributed by atoms with Gasteiger partial charge >= 0.3 is 0 Å². The van der Waals surface area contributed by atoms with Crippen molar-refractivity contribution in [2.45, 2.75) is 27.2 Å². The first-order valence-corrected chi connectivity index (χ1v) is 2.75. The van der Waals surface area contributed by atoms with Crippen LogP contribution in [0.25, 0.3) is 0 Å². The second kappa shape index (κ2) is 3.85. The van der Waals surface area contributed by atoms with Crippen molar-refractivity contribution in [3.8, 4) is 0 Å². The molecular weight excluding hydrogens is 86.1 g/mol. The summed E-state index contributed by atoms with van der Waals surface area (Å²) in [4.78, 5) is 4.16. The van der Waals surface area contributed by atoms with E-state index in [1.54, 1.807) is 0 Å². The molecule has 0 rings (SSSR count). The van der Waals surface area contributed by atoms with Crippen molar-refractivity contribution < 1.29 is 0 Å². The Bertz CT molecular complexity index is 60.6. The van der Waals surface area contributed by atoms with E-state index in [-0.39, 0.29) is 0 Å². The summed E-state index contributed by atoms with van der Waals surface area (Å²) in [5, 5.41) is 0. The number of nitrogens with zero attached hydrogens (tertiary/aromatic N) is 1. The molecule has 0 aliphatic rings. The molecule has 0 atom stereocenters. The highest BCUT2D eigenvalue weighted by atomic mass is 14.7. The first-order valence-electron chi connectivity index (χ1n) is 2.75. The van der Waals surface area contributed by atoms with E-state index in [9.17, 15) is 0 Å². The van der Waals surface area contributed by atoms with Crippen molar-refractivity contribution in [2.24, 2.45) is 4.99 Å². The Hall–Kier alpha value is -0.330. The topological polar surface area (TPSA) is 12.4 Å². The fourth-order valence-corrected chi connectivity index (χ4v) is 0.335. The largest absolute Gasteiger partial charge is 0.295 e. The third-order valence-electron chi connectivity index (χ3n) is 0.652. The highest BCUT2D eigenvalue weighted by molar-refractivity contribution is 5.78. The molecule has 0 aliphatic carbocycles. The van der Waals surface area contributed by atoms with Crippen molar-refractivity contribution in [3.63, 3.8) is 0 Å². The van der Waals surface area contributed by atoms with Crippen LogP contribution in [0.1, 0.15) is 27.2 Å². The molecule has 0 unspecified atom stereocenters. The second-order valence-electron chi connectivity index (χ2n) is 1.83. The Morgan fingerprint density at radius 3 is 2.14 bits per heavy atom. The normalized spacial score (nSPS) is 8.43. The van der Waals surface area contributed by atoms with Crippen LogP contribution in [0.5, 0.6) is 0 Å². The van der Waals surface area contributed by atoms with Crippen LogP contribution in [0, 0.1) is 0 Å². The lowest BCUT2D eigenvalue weighted by Gasteiger charge is -1.85. The van der Waals surface area contributed by atoms with Crippen molar-refractivity contribution in [3.05, 3.63) is 0 Å². The van der Waals surface area contributed by atoms with Crippen molar-refractivity contribution in [1.29, 1.82) is 0 Å². The summed E-state index contributed by atoms with van der Waals surface area (Å²) in [5.74, 6) is 0. The first-order chi connectivity index (χ1) is 3.27. The molecule has 1 heteroatoms. The Labute approximate surface area is 45.5 Å². The van der Waals surface area contributed by atoms with Crippen molar-refractivity contribution in [1.82, 2.24) is 0 Å². The molecule has 0 saturated carbocycles. The van der Waals surface area contributed by atoms with E-state index in [0.717, 1.165) is 13.0 Å². The summed E-state index contributed by atoms with van der Waals surface area (Å²) < 4.78 is 0. The quantitative estimate of drug-likeness (QED) is 0.469. The van der Waals surface area contributed by atoms with Gasteiger partial charge in [0.25, 0.3) is 0 Å². The van der Waals surface area contributed by atoms with Gasteiger partial charge in [0, 0.05) is 12.3 Å². The second-order valence-corrected chi connectivity index (χ2v) is 1.83. The van der Waals surface area contributed by atoms with Crippen molar-refractivity contribution in [2.75, 3.05) is 6.54 Å². The standard InChI is InChI=1S/C6H13N/c1-4-5-7-6(2)3/h4-5H2,1-3H3. The Morgan fingerprint density at radius 1 is 1.43 bits per heavy atom. The molecule has 0 aliphatic heterocycles. The predicted molar refractivity (Wildman–Crippen MR) is 33.9 cm³/mol. The van der Waals surface area contributed by atoms with Gasteiger partial charge in [0.1, 0.15) is 0 Å². The Balaban J connectivity index is 3.08. The van der Waals surface area contributed by atoms with E-state index in [1.165, 1.54) is 5.71 Å². The fourth-order valence-electron chi connectivity index (χ4n) is 0.335. The summed E-state index contributed by atoms with van der Waals surface area (Å²) in [5.41, 5.74) is 1.18. The van der Waals surface area contributed by atoms with E-state index in [2.05, 4.69) is 11.9 Å². The molecule has 0 aromatic carbocycles. The summed E-state index contributed by atoms with van der Waals surface area (Å²) in [6.45, 7) is 7.17. The van der Waals surface area contributed by atoms with Crippen LogP contribution in [0.4, 0.5) is 0 Å². The molecule has 0 radical (unpaired) electrons. The van der Waals surface area contributed by atoms with Crippen LogP contribution in [0.3, 0.4) is 0 Å². The molecule has 0 spiro atoms. The summed E-state index contributed by atoms with van der Waals surface area (Å²) >= 11 is 0. The molecule has 1 nitrogen and oxygen atoms in total. The van der Waals surface area contributed by atoms with E-state index < -0.39 is 0 Å². The average molecular weight is 99.2 g/mol. The zero-order chi connectivity index (χ0) is 5.70. The third kappa shape index (κ3) is 5.67. The zero-order valence-corrected chi connectivity index (χ0v) is 5.36. The molecule has 0 N–H and O–H groups in total. The number of hydrogen-bond donors (Lipinski definition) is 0. The van der Waals surface area contributed by atoms with Gasteiger partial charge in [-0.2, -0.15) is 0 Å². The van der Waals surface area contributed by atoms with Crippen molar-refractivity contribution >= 4 is 5.71 Å². The number of rotatable bonds is 2. The van der Waals surface area contributed by atoms with Gasteiger partial charge in [-0.3, -0.25) is 4.99 Å². The van der Waals surface area contributed by atoms with Crippen LogP contribution in [-0.2, 0) is 0 Å². The van der Waals surface area contributed by atoms with Crippen LogP contribution in [0.2, 0.25) is 0 Å². The maximum absolute atomic E-state index is 4.16. The summed E-state index contributed by atoms with van der Waals surface area (Å²) in [6, 6.07) is 0. The molecular formula is C6H13N. The minimum Gasteiger partial charge on any atom is -0.295 e. The monoisotopic (exact) mass is 99.1 g/mol. The lowest BCUT2D eigenvalue weighted by atomic mass is 10.4. The van der Waals surface area contributed by atoms with Gasteiger partial charge in [-0.25, -0.2) is 0 Å². The number of aliphatic imine (C=N–C) groups is 1. The van der Waals surface area contributed by atoms with Crippen LogP contribution >= 0.6 is 0 Å². The fraction of sp³-hybridized carbons (Fsp3) is 0.833. The first kappa shape index (κ1) is 6.67. The predicted octanol–water partition coefficient (Wildman–Crippen LogP) is 1.88. The molecule has 0 fully saturated rings. The molecule has 42 valence electrons. The van der Waals surface area contributed by atoms with Gasteiger partial charge in [0.05, 0.1) is 0 Å². The maximum atomic E-state index is 4.16.